The molecule has 0 radical (unpaired) electrons. The Labute approximate surface area is 195 Å². The molecule has 0 bridgehead atoms. The van der Waals surface area contributed by atoms with E-state index in [0.717, 1.165) is 61.3 Å². The number of benzene rings is 1. The second kappa shape index (κ2) is 9.55. The molecule has 0 unspecified atom stereocenters. The molecule has 4 heterocycles. The lowest BCUT2D eigenvalue weighted by atomic mass is 10.0. The van der Waals surface area contributed by atoms with Gasteiger partial charge in [0.05, 0.1) is 25.5 Å². The molecule has 0 spiro atoms. The minimum Gasteiger partial charge on any atom is -0.378 e. The van der Waals surface area contributed by atoms with Crippen molar-refractivity contribution in [2.45, 2.75) is 45.6 Å². The van der Waals surface area contributed by atoms with Crippen LogP contribution in [0.4, 0.5) is 22.2 Å². The highest BCUT2D eigenvalue weighted by atomic mass is 16.5. The third kappa shape index (κ3) is 4.76. The van der Waals surface area contributed by atoms with E-state index in [1.807, 2.05) is 17.0 Å². The standard InChI is InChI=1S/C25H34N6O2/c1-18(2)19-5-7-20(8-6-19)26-25(32)31-12-9-22-21(17-31)23(29-13-15-33-16-14-29)28-24(27-22)30-10-3-4-11-30/h5-8,18H,3-4,9-17H2,1-2H3,(H,26,32). The molecule has 1 aromatic heterocycles. The summed E-state index contributed by atoms with van der Waals surface area (Å²) in [6.07, 6.45) is 3.13. The highest BCUT2D eigenvalue weighted by Crippen LogP contribution is 2.31. The summed E-state index contributed by atoms with van der Waals surface area (Å²) in [6, 6.07) is 8.05. The Balaban J connectivity index is 1.37. The third-order valence-electron chi connectivity index (χ3n) is 6.84. The summed E-state index contributed by atoms with van der Waals surface area (Å²) in [6.45, 7) is 10.6. The van der Waals surface area contributed by atoms with Crippen molar-refractivity contribution in [3.05, 3.63) is 41.1 Å². The Hall–Kier alpha value is -2.87. The molecule has 1 N–H and O–H groups in total. The van der Waals surface area contributed by atoms with Gasteiger partial charge in [-0.05, 0) is 36.5 Å². The number of ether oxygens (including phenoxy) is 1. The Morgan fingerprint density at radius 2 is 1.70 bits per heavy atom. The summed E-state index contributed by atoms with van der Waals surface area (Å²) in [7, 11) is 0. The first kappa shape index (κ1) is 21.9. The van der Waals surface area contributed by atoms with Crippen LogP contribution in [0.3, 0.4) is 0 Å². The summed E-state index contributed by atoms with van der Waals surface area (Å²) in [5.41, 5.74) is 4.25. The maximum Gasteiger partial charge on any atom is 0.322 e. The zero-order valence-electron chi connectivity index (χ0n) is 19.7. The number of carbonyl (C=O) groups excluding carboxylic acids is 1. The molecule has 5 rings (SSSR count). The molecule has 176 valence electrons. The molecule has 8 nitrogen and oxygen atoms in total. The normalized spacial score (nSPS) is 18.6. The molecule has 33 heavy (non-hydrogen) atoms. The number of fused-ring (bicyclic) bond motifs is 1. The van der Waals surface area contributed by atoms with E-state index in [1.165, 1.54) is 18.4 Å². The van der Waals surface area contributed by atoms with Gasteiger partial charge >= 0.3 is 6.03 Å². The number of urea groups is 1. The number of carbonyl (C=O) groups is 1. The maximum atomic E-state index is 13.1. The van der Waals surface area contributed by atoms with Crippen LogP contribution in [0, 0.1) is 0 Å². The Morgan fingerprint density at radius 3 is 2.39 bits per heavy atom. The van der Waals surface area contributed by atoms with Gasteiger partial charge < -0.3 is 24.8 Å². The number of hydrogen-bond acceptors (Lipinski definition) is 6. The van der Waals surface area contributed by atoms with Crippen LogP contribution in [-0.4, -0.2) is 66.8 Å². The van der Waals surface area contributed by atoms with E-state index in [2.05, 4.69) is 41.1 Å². The van der Waals surface area contributed by atoms with Gasteiger partial charge in [0, 0.05) is 50.4 Å². The summed E-state index contributed by atoms with van der Waals surface area (Å²) in [4.78, 5) is 29.5. The second-order valence-corrected chi connectivity index (χ2v) is 9.44. The molecule has 2 fully saturated rings. The maximum absolute atomic E-state index is 13.1. The van der Waals surface area contributed by atoms with E-state index in [-0.39, 0.29) is 6.03 Å². The average molecular weight is 451 g/mol. The van der Waals surface area contributed by atoms with Crippen LogP contribution in [0.2, 0.25) is 0 Å². The minimum absolute atomic E-state index is 0.0745. The number of nitrogens with zero attached hydrogens (tertiary/aromatic N) is 5. The fourth-order valence-electron chi connectivity index (χ4n) is 4.81. The number of morpholine rings is 1. The second-order valence-electron chi connectivity index (χ2n) is 9.44. The van der Waals surface area contributed by atoms with Crippen molar-refractivity contribution in [3.63, 3.8) is 0 Å². The lowest BCUT2D eigenvalue weighted by Gasteiger charge is -2.35. The van der Waals surface area contributed by atoms with Gasteiger partial charge in [0.25, 0.3) is 0 Å². The smallest absolute Gasteiger partial charge is 0.322 e. The molecule has 2 aromatic rings. The molecule has 3 aliphatic rings. The van der Waals surface area contributed by atoms with Crippen molar-refractivity contribution in [3.8, 4) is 0 Å². The third-order valence-corrected chi connectivity index (χ3v) is 6.84. The van der Waals surface area contributed by atoms with Gasteiger partial charge in [0.2, 0.25) is 5.95 Å². The van der Waals surface area contributed by atoms with Crippen molar-refractivity contribution >= 4 is 23.5 Å². The Morgan fingerprint density at radius 1 is 0.970 bits per heavy atom. The Kier molecular flexibility index (Phi) is 6.35. The molecule has 0 saturated carbocycles. The molecule has 0 atom stereocenters. The average Bonchev–Trinajstić information content (AvgIpc) is 3.39. The van der Waals surface area contributed by atoms with Gasteiger partial charge in [-0.3, -0.25) is 0 Å². The fraction of sp³-hybridized carbons (Fsp3) is 0.560. The zero-order chi connectivity index (χ0) is 22.8. The van der Waals surface area contributed by atoms with Crippen LogP contribution in [0.25, 0.3) is 0 Å². The number of rotatable bonds is 4. The quantitative estimate of drug-likeness (QED) is 0.767. The monoisotopic (exact) mass is 450 g/mol. The summed E-state index contributed by atoms with van der Waals surface area (Å²) >= 11 is 0. The summed E-state index contributed by atoms with van der Waals surface area (Å²) in [5, 5.41) is 3.07. The SMILES string of the molecule is CC(C)c1ccc(NC(=O)N2CCc3nc(N4CCCC4)nc(N4CCOCC4)c3C2)cc1. The van der Waals surface area contributed by atoms with Crippen LogP contribution >= 0.6 is 0 Å². The van der Waals surface area contributed by atoms with E-state index >= 15 is 0 Å². The van der Waals surface area contributed by atoms with Crippen LogP contribution in [-0.2, 0) is 17.7 Å². The van der Waals surface area contributed by atoms with Gasteiger partial charge in [0.15, 0.2) is 0 Å². The molecular weight excluding hydrogens is 416 g/mol. The lowest BCUT2D eigenvalue weighted by Crippen LogP contribution is -2.42. The van der Waals surface area contributed by atoms with Crippen molar-refractivity contribution in [2.75, 3.05) is 61.1 Å². The van der Waals surface area contributed by atoms with Crippen LogP contribution < -0.4 is 15.1 Å². The first-order valence-electron chi connectivity index (χ1n) is 12.2. The van der Waals surface area contributed by atoms with Crippen molar-refractivity contribution in [1.29, 1.82) is 0 Å². The van der Waals surface area contributed by atoms with Crippen molar-refractivity contribution in [1.82, 2.24) is 14.9 Å². The first-order chi connectivity index (χ1) is 16.1. The molecule has 1 aromatic carbocycles. The number of hydrogen-bond donors (Lipinski definition) is 1. The van der Waals surface area contributed by atoms with Crippen molar-refractivity contribution in [2.24, 2.45) is 0 Å². The minimum atomic E-state index is -0.0745. The lowest BCUT2D eigenvalue weighted by molar-refractivity contribution is 0.122. The number of aromatic nitrogens is 2. The Bertz CT molecular complexity index is 981. The molecule has 3 aliphatic heterocycles. The molecule has 2 amide bonds. The van der Waals surface area contributed by atoms with Crippen LogP contribution in [0.5, 0.6) is 0 Å². The first-order valence-corrected chi connectivity index (χ1v) is 12.2. The van der Waals surface area contributed by atoms with E-state index in [1.54, 1.807) is 0 Å². The molecule has 8 heteroatoms. The van der Waals surface area contributed by atoms with E-state index in [4.69, 9.17) is 14.7 Å². The largest absolute Gasteiger partial charge is 0.378 e. The number of anilines is 3. The van der Waals surface area contributed by atoms with Crippen molar-refractivity contribution < 1.29 is 9.53 Å². The highest BCUT2D eigenvalue weighted by Gasteiger charge is 2.30. The van der Waals surface area contributed by atoms with Gasteiger partial charge in [-0.1, -0.05) is 26.0 Å². The topological polar surface area (TPSA) is 73.8 Å². The molecule has 2 saturated heterocycles. The van der Waals surface area contributed by atoms with Gasteiger partial charge in [0.1, 0.15) is 5.82 Å². The molecule has 0 aliphatic carbocycles. The van der Waals surface area contributed by atoms with Gasteiger partial charge in [-0.2, -0.15) is 4.98 Å². The number of nitrogens with one attached hydrogen (secondary N) is 1. The van der Waals surface area contributed by atoms with E-state index in [9.17, 15) is 4.79 Å². The van der Waals surface area contributed by atoms with Gasteiger partial charge in [-0.15, -0.1) is 0 Å². The fourth-order valence-corrected chi connectivity index (χ4v) is 4.81. The summed E-state index contributed by atoms with van der Waals surface area (Å²) in [5.74, 6) is 2.29. The van der Waals surface area contributed by atoms with Crippen LogP contribution in [0.15, 0.2) is 24.3 Å². The number of amides is 2. The summed E-state index contributed by atoms with van der Waals surface area (Å²) < 4.78 is 5.57. The zero-order valence-corrected chi connectivity index (χ0v) is 19.7. The van der Waals surface area contributed by atoms with E-state index < -0.39 is 0 Å². The predicted octanol–water partition coefficient (Wildman–Crippen LogP) is 3.63. The van der Waals surface area contributed by atoms with Crippen LogP contribution in [0.1, 0.15) is 49.4 Å². The van der Waals surface area contributed by atoms with E-state index in [0.29, 0.717) is 32.2 Å². The predicted molar refractivity (Wildman–Crippen MR) is 130 cm³/mol. The highest BCUT2D eigenvalue weighted by molar-refractivity contribution is 5.89. The van der Waals surface area contributed by atoms with Gasteiger partial charge in [-0.25, -0.2) is 9.78 Å². The molecular formula is C25H34N6O2.